The average molecular weight is 181 g/mol. The second-order valence-corrected chi connectivity index (χ2v) is 5.63. The van der Waals surface area contributed by atoms with Crippen molar-refractivity contribution in [3.05, 3.63) is 0 Å². The smallest absolute Gasteiger partial charge is 0.0237 e. The van der Waals surface area contributed by atoms with Crippen molar-refractivity contribution in [2.75, 3.05) is 6.54 Å². The van der Waals surface area contributed by atoms with Crippen molar-refractivity contribution in [1.82, 2.24) is 5.32 Å². The number of hydrogen-bond acceptors (Lipinski definition) is 1. The summed E-state index contributed by atoms with van der Waals surface area (Å²) >= 11 is 0. The van der Waals surface area contributed by atoms with E-state index in [1.807, 2.05) is 0 Å². The molecule has 0 radical (unpaired) electrons. The molecule has 1 N–H and O–H groups in total. The summed E-state index contributed by atoms with van der Waals surface area (Å²) < 4.78 is 0. The van der Waals surface area contributed by atoms with Gasteiger partial charge in [-0.15, -0.1) is 0 Å². The second-order valence-electron chi connectivity index (χ2n) is 5.63. The highest BCUT2D eigenvalue weighted by Crippen LogP contribution is 2.61. The first-order valence-corrected chi connectivity index (χ1v) is 5.78. The van der Waals surface area contributed by atoms with Crippen LogP contribution in [0.15, 0.2) is 0 Å². The Morgan fingerprint density at radius 2 is 2.08 bits per heavy atom. The van der Waals surface area contributed by atoms with Crippen LogP contribution in [0.5, 0.6) is 0 Å². The average Bonchev–Trinajstić information content (AvgIpc) is 2.54. The molecule has 0 saturated heterocycles. The summed E-state index contributed by atoms with van der Waals surface area (Å²) in [6, 6.07) is 0. The van der Waals surface area contributed by atoms with Crippen LogP contribution in [0.1, 0.15) is 47.0 Å². The lowest BCUT2D eigenvalue weighted by Crippen LogP contribution is -2.54. The van der Waals surface area contributed by atoms with Crippen LogP contribution < -0.4 is 5.32 Å². The van der Waals surface area contributed by atoms with Crippen molar-refractivity contribution < 1.29 is 0 Å². The van der Waals surface area contributed by atoms with Gasteiger partial charge in [0.15, 0.2) is 0 Å². The van der Waals surface area contributed by atoms with Crippen LogP contribution in [0.25, 0.3) is 0 Å². The highest BCUT2D eigenvalue weighted by molar-refractivity contribution is 5.14. The third-order valence-corrected chi connectivity index (χ3v) is 5.15. The van der Waals surface area contributed by atoms with Gasteiger partial charge in [-0.25, -0.2) is 0 Å². The van der Waals surface area contributed by atoms with E-state index >= 15 is 0 Å². The molecular weight excluding hydrogens is 158 g/mol. The molecule has 2 aliphatic rings. The minimum absolute atomic E-state index is 0.478. The van der Waals surface area contributed by atoms with Crippen molar-refractivity contribution >= 4 is 0 Å². The zero-order valence-electron chi connectivity index (χ0n) is 9.48. The predicted molar refractivity (Wildman–Crippen MR) is 56.7 cm³/mol. The number of hydrogen-bond donors (Lipinski definition) is 1. The Balaban J connectivity index is 2.27. The lowest BCUT2D eigenvalue weighted by atomic mass is 9.65. The summed E-state index contributed by atoms with van der Waals surface area (Å²) in [5.74, 6) is 1.90. The molecule has 0 amide bonds. The summed E-state index contributed by atoms with van der Waals surface area (Å²) in [6.07, 6.45) is 4.29. The van der Waals surface area contributed by atoms with Crippen LogP contribution in [0, 0.1) is 17.3 Å². The van der Waals surface area contributed by atoms with E-state index in [1.54, 1.807) is 0 Å². The maximum atomic E-state index is 3.77. The van der Waals surface area contributed by atoms with Crippen LogP contribution in [0.3, 0.4) is 0 Å². The molecule has 2 aliphatic carbocycles. The fourth-order valence-corrected chi connectivity index (χ4v) is 3.85. The molecule has 1 heteroatoms. The SMILES string of the molecule is CCN[C@]12CC[C@H](C1)[C@@H](C)C2(C)C. The highest BCUT2D eigenvalue weighted by atomic mass is 15.0. The van der Waals surface area contributed by atoms with Crippen LogP contribution in [-0.2, 0) is 0 Å². The summed E-state index contributed by atoms with van der Waals surface area (Å²) in [5, 5.41) is 3.77. The van der Waals surface area contributed by atoms with Gasteiger partial charge in [0.05, 0.1) is 0 Å². The van der Waals surface area contributed by atoms with Crippen LogP contribution in [0.4, 0.5) is 0 Å². The van der Waals surface area contributed by atoms with Gasteiger partial charge in [-0.3, -0.25) is 0 Å². The maximum absolute atomic E-state index is 3.77. The van der Waals surface area contributed by atoms with E-state index in [0.29, 0.717) is 11.0 Å². The van der Waals surface area contributed by atoms with E-state index in [2.05, 4.69) is 33.0 Å². The predicted octanol–water partition coefficient (Wildman–Crippen LogP) is 2.81. The fraction of sp³-hybridized carbons (Fsp3) is 1.00. The summed E-state index contributed by atoms with van der Waals surface area (Å²) in [6.45, 7) is 10.7. The van der Waals surface area contributed by atoms with Crippen molar-refractivity contribution in [1.29, 1.82) is 0 Å². The molecule has 2 saturated carbocycles. The Bertz CT molecular complexity index is 209. The fourth-order valence-electron chi connectivity index (χ4n) is 3.85. The molecular formula is C12H23N. The lowest BCUT2D eigenvalue weighted by molar-refractivity contribution is 0.0834. The van der Waals surface area contributed by atoms with Gasteiger partial charge in [0.2, 0.25) is 0 Å². The molecule has 0 aromatic rings. The zero-order chi connectivity index (χ0) is 9.69. The quantitative estimate of drug-likeness (QED) is 0.690. The molecule has 1 nitrogen and oxygen atoms in total. The Hall–Kier alpha value is -0.0400. The van der Waals surface area contributed by atoms with Gasteiger partial charge in [0.1, 0.15) is 0 Å². The third kappa shape index (κ3) is 1.03. The molecule has 13 heavy (non-hydrogen) atoms. The van der Waals surface area contributed by atoms with E-state index in [4.69, 9.17) is 0 Å². The van der Waals surface area contributed by atoms with Crippen LogP contribution in [-0.4, -0.2) is 12.1 Å². The molecule has 2 fully saturated rings. The molecule has 2 bridgehead atoms. The topological polar surface area (TPSA) is 12.0 Å². The van der Waals surface area contributed by atoms with Crippen LogP contribution in [0.2, 0.25) is 0 Å². The maximum Gasteiger partial charge on any atom is 0.0237 e. The Morgan fingerprint density at radius 3 is 2.54 bits per heavy atom. The van der Waals surface area contributed by atoms with Gasteiger partial charge in [0.25, 0.3) is 0 Å². The van der Waals surface area contributed by atoms with Crippen molar-refractivity contribution in [3.63, 3.8) is 0 Å². The molecule has 0 heterocycles. The van der Waals surface area contributed by atoms with Crippen LogP contribution >= 0.6 is 0 Å². The van der Waals surface area contributed by atoms with Gasteiger partial charge in [-0.1, -0.05) is 27.7 Å². The van der Waals surface area contributed by atoms with Gasteiger partial charge in [0, 0.05) is 5.54 Å². The first-order chi connectivity index (χ1) is 6.03. The number of fused-ring (bicyclic) bond motifs is 2. The van der Waals surface area contributed by atoms with Gasteiger partial charge >= 0.3 is 0 Å². The standard InChI is InChI=1S/C12H23N/c1-5-13-12-7-6-10(8-12)9(2)11(12,3)4/h9-10,13H,5-8H2,1-4H3/t9-,10-,12-/m1/s1. The first kappa shape index (κ1) is 9.51. The number of rotatable bonds is 2. The normalized spacial score (nSPS) is 47.1. The van der Waals surface area contributed by atoms with Gasteiger partial charge in [-0.05, 0) is 43.1 Å². The first-order valence-electron chi connectivity index (χ1n) is 5.78. The molecule has 2 rings (SSSR count). The third-order valence-electron chi connectivity index (χ3n) is 5.15. The van der Waals surface area contributed by atoms with E-state index in [0.717, 1.165) is 18.4 Å². The zero-order valence-corrected chi connectivity index (χ0v) is 9.48. The monoisotopic (exact) mass is 181 g/mol. The summed E-state index contributed by atoms with van der Waals surface area (Å²) in [7, 11) is 0. The Morgan fingerprint density at radius 1 is 1.38 bits per heavy atom. The van der Waals surface area contributed by atoms with E-state index in [1.165, 1.54) is 19.3 Å². The Kier molecular flexibility index (Phi) is 1.99. The minimum atomic E-state index is 0.478. The largest absolute Gasteiger partial charge is 0.311 e. The molecule has 0 aromatic heterocycles. The van der Waals surface area contributed by atoms with Crippen molar-refractivity contribution in [2.45, 2.75) is 52.5 Å². The molecule has 76 valence electrons. The summed E-state index contributed by atoms with van der Waals surface area (Å²) in [5.41, 5.74) is 0.984. The van der Waals surface area contributed by atoms with Crippen molar-refractivity contribution in [3.8, 4) is 0 Å². The van der Waals surface area contributed by atoms with E-state index in [9.17, 15) is 0 Å². The van der Waals surface area contributed by atoms with E-state index in [-0.39, 0.29) is 0 Å². The summed E-state index contributed by atoms with van der Waals surface area (Å²) in [4.78, 5) is 0. The minimum Gasteiger partial charge on any atom is -0.311 e. The Labute approximate surface area is 82.3 Å². The van der Waals surface area contributed by atoms with Gasteiger partial charge < -0.3 is 5.32 Å². The lowest BCUT2D eigenvalue weighted by Gasteiger charge is -2.46. The van der Waals surface area contributed by atoms with Crippen molar-refractivity contribution in [2.24, 2.45) is 17.3 Å². The molecule has 3 atom stereocenters. The molecule has 0 aromatic carbocycles. The van der Waals surface area contributed by atoms with E-state index < -0.39 is 0 Å². The molecule has 0 unspecified atom stereocenters. The second kappa shape index (κ2) is 2.73. The molecule has 0 spiro atoms. The number of nitrogens with one attached hydrogen (secondary N) is 1. The molecule has 0 aliphatic heterocycles. The van der Waals surface area contributed by atoms with Gasteiger partial charge in [-0.2, -0.15) is 0 Å². The highest BCUT2D eigenvalue weighted by Gasteiger charge is 2.60.